The van der Waals surface area contributed by atoms with Crippen molar-refractivity contribution in [3.8, 4) is 0 Å². The lowest BCUT2D eigenvalue weighted by molar-refractivity contribution is 0.560. The van der Waals surface area contributed by atoms with Crippen molar-refractivity contribution in [1.82, 2.24) is 19.9 Å². The molecule has 0 aliphatic rings. The summed E-state index contributed by atoms with van der Waals surface area (Å²) in [5.41, 5.74) is 5.80. The zero-order valence-electron chi connectivity index (χ0n) is 9.96. The van der Waals surface area contributed by atoms with Gasteiger partial charge in [-0.15, -0.1) is 0 Å². The van der Waals surface area contributed by atoms with E-state index in [1.54, 1.807) is 6.92 Å². The summed E-state index contributed by atoms with van der Waals surface area (Å²) in [6.07, 6.45) is 1.31. The minimum Gasteiger partial charge on any atom is -0.397 e. The molecular formula is C10H12ClN5O2S. The summed E-state index contributed by atoms with van der Waals surface area (Å²) < 4.78 is 26.7. The maximum absolute atomic E-state index is 12.1. The van der Waals surface area contributed by atoms with Gasteiger partial charge in [0.1, 0.15) is 12.2 Å². The first kappa shape index (κ1) is 13.8. The van der Waals surface area contributed by atoms with E-state index in [-0.39, 0.29) is 10.6 Å². The fourth-order valence-electron chi connectivity index (χ4n) is 1.47. The average Bonchev–Trinajstić information content (AvgIpc) is 2.85. The van der Waals surface area contributed by atoms with Crippen molar-refractivity contribution in [3.05, 3.63) is 35.4 Å². The lowest BCUT2D eigenvalue weighted by atomic mass is 10.3. The average molecular weight is 302 g/mol. The Morgan fingerprint density at radius 2 is 2.21 bits per heavy atom. The third-order valence-electron chi connectivity index (χ3n) is 2.45. The number of nitrogens with two attached hydrogens (primary N) is 1. The summed E-state index contributed by atoms with van der Waals surface area (Å²) in [4.78, 5) is 3.93. The van der Waals surface area contributed by atoms with E-state index in [0.717, 1.165) is 0 Å². The van der Waals surface area contributed by atoms with Gasteiger partial charge in [0.2, 0.25) is 10.0 Å². The van der Waals surface area contributed by atoms with Crippen molar-refractivity contribution in [2.75, 3.05) is 5.73 Å². The van der Waals surface area contributed by atoms with Gasteiger partial charge in [-0.25, -0.2) is 18.1 Å². The van der Waals surface area contributed by atoms with Gasteiger partial charge in [0, 0.05) is 0 Å². The number of aromatic nitrogens is 3. The Labute approximate surface area is 115 Å². The Kier molecular flexibility index (Phi) is 3.74. The minimum atomic E-state index is -3.70. The number of sulfonamides is 1. The number of anilines is 1. The Hall–Kier alpha value is -1.64. The number of hydrogen-bond donors (Lipinski definition) is 3. The first-order valence-corrected chi connectivity index (χ1v) is 7.19. The fraction of sp³-hybridized carbons (Fsp3) is 0.200. The number of nitrogens with one attached hydrogen (secondary N) is 2. The van der Waals surface area contributed by atoms with Gasteiger partial charge in [0.15, 0.2) is 0 Å². The molecule has 1 aromatic carbocycles. The molecule has 19 heavy (non-hydrogen) atoms. The topological polar surface area (TPSA) is 114 Å². The molecule has 4 N–H and O–H groups in total. The summed E-state index contributed by atoms with van der Waals surface area (Å²) in [5.74, 6) is 0.422. The maximum Gasteiger partial charge on any atom is 0.241 e. The Morgan fingerprint density at radius 3 is 2.79 bits per heavy atom. The SMILES string of the molecule is CC(NS(=O)(=O)c1ccc(Cl)c(N)c1)c1ncn[nH]1. The summed E-state index contributed by atoms with van der Waals surface area (Å²) in [7, 11) is -3.70. The predicted octanol–water partition coefficient (Wildman–Crippen LogP) is 1.08. The summed E-state index contributed by atoms with van der Waals surface area (Å²) >= 11 is 5.75. The van der Waals surface area contributed by atoms with Gasteiger partial charge in [-0.1, -0.05) is 11.6 Å². The summed E-state index contributed by atoms with van der Waals surface area (Å²) in [5, 5.41) is 6.57. The molecule has 2 rings (SSSR count). The van der Waals surface area contributed by atoms with E-state index in [9.17, 15) is 8.42 Å². The van der Waals surface area contributed by atoms with E-state index < -0.39 is 16.1 Å². The van der Waals surface area contributed by atoms with Crippen molar-refractivity contribution >= 4 is 27.3 Å². The van der Waals surface area contributed by atoms with Crippen molar-refractivity contribution in [3.63, 3.8) is 0 Å². The highest BCUT2D eigenvalue weighted by Crippen LogP contribution is 2.23. The monoisotopic (exact) mass is 301 g/mol. The highest BCUT2D eigenvalue weighted by atomic mass is 35.5. The zero-order chi connectivity index (χ0) is 14.0. The standard InChI is InChI=1S/C10H12ClN5O2S/c1-6(10-13-5-14-15-10)16-19(17,18)7-2-3-8(11)9(12)4-7/h2-6,16H,12H2,1H3,(H,13,14,15). The first-order valence-electron chi connectivity index (χ1n) is 5.33. The van der Waals surface area contributed by atoms with Crippen LogP contribution in [0.2, 0.25) is 5.02 Å². The number of hydrogen-bond acceptors (Lipinski definition) is 5. The molecule has 0 bridgehead atoms. The van der Waals surface area contributed by atoms with Crippen LogP contribution < -0.4 is 10.5 Å². The van der Waals surface area contributed by atoms with E-state index >= 15 is 0 Å². The highest BCUT2D eigenvalue weighted by Gasteiger charge is 2.20. The second-order valence-corrected chi connectivity index (χ2v) is 6.02. The Balaban J connectivity index is 2.25. The molecule has 2 aromatic rings. The second-order valence-electron chi connectivity index (χ2n) is 3.90. The first-order chi connectivity index (χ1) is 8.90. The number of halogens is 1. The molecule has 0 fully saturated rings. The van der Waals surface area contributed by atoms with Crippen LogP contribution in [0.5, 0.6) is 0 Å². The van der Waals surface area contributed by atoms with Gasteiger partial charge >= 0.3 is 0 Å². The summed E-state index contributed by atoms with van der Waals surface area (Å²) in [6.45, 7) is 1.65. The van der Waals surface area contributed by atoms with Crippen molar-refractivity contribution < 1.29 is 8.42 Å². The van der Waals surface area contributed by atoms with Gasteiger partial charge in [-0.2, -0.15) is 5.10 Å². The zero-order valence-corrected chi connectivity index (χ0v) is 11.5. The van der Waals surface area contributed by atoms with E-state index in [2.05, 4.69) is 19.9 Å². The van der Waals surface area contributed by atoms with E-state index in [4.69, 9.17) is 17.3 Å². The molecule has 0 radical (unpaired) electrons. The Bertz CT molecular complexity index is 671. The van der Waals surface area contributed by atoms with Crippen LogP contribution in [0.1, 0.15) is 18.8 Å². The lowest BCUT2D eigenvalue weighted by Crippen LogP contribution is -2.27. The third kappa shape index (κ3) is 3.03. The van der Waals surface area contributed by atoms with Crippen LogP contribution in [0, 0.1) is 0 Å². The van der Waals surface area contributed by atoms with Crippen LogP contribution in [0.4, 0.5) is 5.69 Å². The third-order valence-corrected chi connectivity index (χ3v) is 4.34. The lowest BCUT2D eigenvalue weighted by Gasteiger charge is -2.12. The number of nitrogens with zero attached hydrogens (tertiary/aromatic N) is 2. The quantitative estimate of drug-likeness (QED) is 0.731. The normalized spacial score (nSPS) is 13.4. The molecule has 0 aliphatic heterocycles. The summed E-state index contributed by atoms with van der Waals surface area (Å²) in [6, 6.07) is 3.58. The predicted molar refractivity (Wildman–Crippen MR) is 71.0 cm³/mol. The number of rotatable bonds is 4. The van der Waals surface area contributed by atoms with Crippen LogP contribution >= 0.6 is 11.6 Å². The van der Waals surface area contributed by atoms with Gasteiger partial charge < -0.3 is 5.73 Å². The second kappa shape index (κ2) is 5.16. The van der Waals surface area contributed by atoms with Gasteiger partial charge in [-0.05, 0) is 25.1 Å². The number of benzene rings is 1. The van der Waals surface area contributed by atoms with Gasteiger partial charge in [0.05, 0.1) is 21.6 Å². The number of nitrogen functional groups attached to an aromatic ring is 1. The largest absolute Gasteiger partial charge is 0.397 e. The molecule has 1 aromatic heterocycles. The molecule has 1 atom stereocenters. The Morgan fingerprint density at radius 1 is 1.47 bits per heavy atom. The smallest absolute Gasteiger partial charge is 0.241 e. The van der Waals surface area contributed by atoms with E-state index in [1.165, 1.54) is 24.5 Å². The number of aromatic amines is 1. The molecule has 0 aliphatic carbocycles. The van der Waals surface area contributed by atoms with Crippen molar-refractivity contribution in [2.45, 2.75) is 17.9 Å². The van der Waals surface area contributed by atoms with Gasteiger partial charge in [0.25, 0.3) is 0 Å². The molecule has 0 amide bonds. The van der Waals surface area contributed by atoms with Crippen LogP contribution in [-0.4, -0.2) is 23.6 Å². The van der Waals surface area contributed by atoms with Crippen LogP contribution in [0.25, 0.3) is 0 Å². The van der Waals surface area contributed by atoms with Crippen LogP contribution in [0.3, 0.4) is 0 Å². The van der Waals surface area contributed by atoms with Crippen LogP contribution in [0.15, 0.2) is 29.4 Å². The minimum absolute atomic E-state index is 0.0424. The van der Waals surface area contributed by atoms with E-state index in [1.807, 2.05) is 0 Å². The van der Waals surface area contributed by atoms with Crippen molar-refractivity contribution in [1.29, 1.82) is 0 Å². The van der Waals surface area contributed by atoms with E-state index in [0.29, 0.717) is 10.8 Å². The molecule has 1 heterocycles. The molecule has 0 saturated carbocycles. The fourth-order valence-corrected chi connectivity index (χ4v) is 2.83. The molecule has 0 spiro atoms. The molecule has 1 unspecified atom stereocenters. The highest BCUT2D eigenvalue weighted by molar-refractivity contribution is 7.89. The molecule has 7 nitrogen and oxygen atoms in total. The molecule has 102 valence electrons. The number of H-pyrrole nitrogens is 1. The maximum atomic E-state index is 12.1. The molecular weight excluding hydrogens is 290 g/mol. The van der Waals surface area contributed by atoms with Gasteiger partial charge in [-0.3, -0.25) is 5.10 Å². The van der Waals surface area contributed by atoms with Crippen LogP contribution in [-0.2, 0) is 10.0 Å². The molecule has 9 heteroatoms. The molecule has 0 saturated heterocycles. The van der Waals surface area contributed by atoms with Crippen molar-refractivity contribution in [2.24, 2.45) is 0 Å².